The SMILES string of the molecule is CCOC(=O)c1nnc(Sc2nccc(C)c2C#N)o1. The second kappa shape index (κ2) is 6.16. The molecule has 2 rings (SSSR count). The van der Waals surface area contributed by atoms with Crippen LogP contribution in [0.3, 0.4) is 0 Å². The van der Waals surface area contributed by atoms with Crippen LogP contribution in [0, 0.1) is 18.3 Å². The van der Waals surface area contributed by atoms with E-state index in [2.05, 4.69) is 21.3 Å². The summed E-state index contributed by atoms with van der Waals surface area (Å²) < 4.78 is 9.90. The molecule has 2 aromatic rings. The third-order valence-electron chi connectivity index (χ3n) is 2.28. The van der Waals surface area contributed by atoms with Crippen LogP contribution in [-0.2, 0) is 4.74 Å². The average Bonchev–Trinajstić information content (AvgIpc) is 2.88. The average molecular weight is 290 g/mol. The van der Waals surface area contributed by atoms with Gasteiger partial charge in [-0.2, -0.15) is 5.26 Å². The second-order valence-electron chi connectivity index (χ2n) is 3.62. The van der Waals surface area contributed by atoms with Crippen molar-refractivity contribution in [3.63, 3.8) is 0 Å². The number of hydrogen-bond acceptors (Lipinski definition) is 8. The zero-order chi connectivity index (χ0) is 14.5. The van der Waals surface area contributed by atoms with Crippen molar-refractivity contribution < 1.29 is 13.9 Å². The molecule has 0 saturated heterocycles. The van der Waals surface area contributed by atoms with Crippen molar-refractivity contribution in [2.24, 2.45) is 0 Å². The summed E-state index contributed by atoms with van der Waals surface area (Å²) in [5, 5.41) is 17.0. The molecule has 0 spiro atoms. The predicted octanol–water partition coefficient (Wildman–Crippen LogP) is 1.97. The van der Waals surface area contributed by atoms with Crippen LogP contribution in [0.25, 0.3) is 0 Å². The molecule has 7 nitrogen and oxygen atoms in total. The van der Waals surface area contributed by atoms with E-state index in [-0.39, 0.29) is 17.7 Å². The van der Waals surface area contributed by atoms with E-state index >= 15 is 0 Å². The van der Waals surface area contributed by atoms with Gasteiger partial charge in [0, 0.05) is 6.20 Å². The number of rotatable bonds is 4. The highest BCUT2D eigenvalue weighted by Crippen LogP contribution is 2.28. The monoisotopic (exact) mass is 290 g/mol. The Balaban J connectivity index is 2.22. The Kier molecular flexibility index (Phi) is 4.32. The molecular formula is C12H10N4O3S. The van der Waals surface area contributed by atoms with Gasteiger partial charge in [-0.3, -0.25) is 0 Å². The number of nitrogens with zero attached hydrogens (tertiary/aromatic N) is 4. The predicted molar refractivity (Wildman–Crippen MR) is 68.1 cm³/mol. The Morgan fingerprint density at radius 1 is 1.55 bits per heavy atom. The zero-order valence-corrected chi connectivity index (χ0v) is 11.6. The highest BCUT2D eigenvalue weighted by atomic mass is 32.2. The van der Waals surface area contributed by atoms with Crippen LogP contribution in [0.2, 0.25) is 0 Å². The number of esters is 1. The van der Waals surface area contributed by atoms with Gasteiger partial charge in [-0.1, -0.05) is 5.10 Å². The van der Waals surface area contributed by atoms with E-state index in [9.17, 15) is 4.79 Å². The van der Waals surface area contributed by atoms with E-state index in [0.717, 1.165) is 17.3 Å². The van der Waals surface area contributed by atoms with Crippen LogP contribution in [-0.4, -0.2) is 27.8 Å². The molecule has 2 aromatic heterocycles. The first kappa shape index (κ1) is 14.0. The summed E-state index contributed by atoms with van der Waals surface area (Å²) in [7, 11) is 0. The van der Waals surface area contributed by atoms with E-state index in [1.807, 2.05) is 6.92 Å². The molecule has 20 heavy (non-hydrogen) atoms. The summed E-state index contributed by atoms with van der Waals surface area (Å²) in [6, 6.07) is 3.81. The molecule has 0 aliphatic carbocycles. The number of pyridine rings is 1. The van der Waals surface area contributed by atoms with Crippen molar-refractivity contribution in [2.45, 2.75) is 24.1 Å². The maximum absolute atomic E-state index is 11.4. The van der Waals surface area contributed by atoms with E-state index in [0.29, 0.717) is 10.6 Å². The van der Waals surface area contributed by atoms with Gasteiger partial charge in [-0.25, -0.2) is 9.78 Å². The number of nitriles is 1. The molecular weight excluding hydrogens is 280 g/mol. The topological polar surface area (TPSA) is 102 Å². The lowest BCUT2D eigenvalue weighted by Gasteiger charge is -2.01. The standard InChI is InChI=1S/C12H10N4O3S/c1-3-18-11(17)9-15-16-12(19-9)20-10-8(6-13)7(2)4-5-14-10/h4-5H,3H2,1-2H3. The Bertz CT molecular complexity index is 678. The summed E-state index contributed by atoms with van der Waals surface area (Å²) in [6.07, 6.45) is 1.58. The fraction of sp³-hybridized carbons (Fsp3) is 0.250. The number of carbonyl (C=O) groups excluding carboxylic acids is 1. The number of hydrogen-bond donors (Lipinski definition) is 0. The highest BCUT2D eigenvalue weighted by Gasteiger charge is 2.18. The molecule has 0 atom stereocenters. The molecule has 0 aromatic carbocycles. The summed E-state index contributed by atoms with van der Waals surface area (Å²) in [5.74, 6) is -0.898. The van der Waals surface area contributed by atoms with Crippen molar-refractivity contribution in [3.05, 3.63) is 29.3 Å². The van der Waals surface area contributed by atoms with E-state index in [4.69, 9.17) is 14.4 Å². The number of ether oxygens (including phenoxy) is 1. The first-order chi connectivity index (χ1) is 9.65. The molecule has 0 aliphatic heterocycles. The van der Waals surface area contributed by atoms with Crippen molar-refractivity contribution >= 4 is 17.7 Å². The van der Waals surface area contributed by atoms with Crippen LogP contribution >= 0.6 is 11.8 Å². The molecule has 2 heterocycles. The quantitative estimate of drug-likeness (QED) is 0.787. The Morgan fingerprint density at radius 2 is 2.35 bits per heavy atom. The van der Waals surface area contributed by atoms with Crippen molar-refractivity contribution in [2.75, 3.05) is 6.61 Å². The lowest BCUT2D eigenvalue weighted by molar-refractivity contribution is 0.0475. The Labute approximate surface area is 119 Å². The highest BCUT2D eigenvalue weighted by molar-refractivity contribution is 7.99. The van der Waals surface area contributed by atoms with Crippen molar-refractivity contribution in [1.82, 2.24) is 15.2 Å². The van der Waals surface area contributed by atoms with Gasteiger partial charge < -0.3 is 9.15 Å². The summed E-state index contributed by atoms with van der Waals surface area (Å²) in [4.78, 5) is 15.5. The maximum Gasteiger partial charge on any atom is 0.396 e. The van der Waals surface area contributed by atoms with Crippen molar-refractivity contribution in [3.8, 4) is 6.07 Å². The summed E-state index contributed by atoms with van der Waals surface area (Å²) in [5.41, 5.74) is 1.24. The minimum Gasteiger partial charge on any atom is -0.459 e. The molecule has 0 amide bonds. The van der Waals surface area contributed by atoms with Gasteiger partial charge in [-0.15, -0.1) is 5.10 Å². The van der Waals surface area contributed by atoms with Crippen LogP contribution < -0.4 is 0 Å². The summed E-state index contributed by atoms with van der Waals surface area (Å²) >= 11 is 1.03. The van der Waals surface area contributed by atoms with Gasteiger partial charge in [0.1, 0.15) is 11.1 Å². The van der Waals surface area contributed by atoms with Crippen LogP contribution in [0.4, 0.5) is 0 Å². The van der Waals surface area contributed by atoms with Gasteiger partial charge >= 0.3 is 11.9 Å². The lowest BCUT2D eigenvalue weighted by Crippen LogP contribution is -2.04. The first-order valence-electron chi connectivity index (χ1n) is 5.70. The largest absolute Gasteiger partial charge is 0.459 e. The third-order valence-corrected chi connectivity index (χ3v) is 3.12. The molecule has 0 radical (unpaired) electrons. The zero-order valence-electron chi connectivity index (χ0n) is 10.8. The van der Waals surface area contributed by atoms with Gasteiger partial charge in [0.15, 0.2) is 0 Å². The molecule has 0 unspecified atom stereocenters. The number of aromatic nitrogens is 3. The molecule has 0 aliphatic rings. The van der Waals surface area contributed by atoms with E-state index in [1.165, 1.54) is 0 Å². The molecule has 0 N–H and O–H groups in total. The molecule has 8 heteroatoms. The molecule has 0 fully saturated rings. The summed E-state index contributed by atoms with van der Waals surface area (Å²) in [6.45, 7) is 3.71. The molecule has 0 saturated carbocycles. The number of aryl methyl sites for hydroxylation is 1. The second-order valence-corrected chi connectivity index (χ2v) is 4.56. The van der Waals surface area contributed by atoms with Crippen molar-refractivity contribution in [1.29, 1.82) is 5.26 Å². The maximum atomic E-state index is 11.4. The lowest BCUT2D eigenvalue weighted by atomic mass is 10.2. The number of carbonyl (C=O) groups is 1. The van der Waals surface area contributed by atoms with E-state index in [1.54, 1.807) is 19.2 Å². The fourth-order valence-electron chi connectivity index (χ4n) is 1.36. The minimum atomic E-state index is -0.676. The smallest absolute Gasteiger partial charge is 0.396 e. The van der Waals surface area contributed by atoms with Crippen LogP contribution in [0.1, 0.15) is 28.7 Å². The van der Waals surface area contributed by atoms with Gasteiger partial charge in [0.25, 0.3) is 5.22 Å². The normalized spacial score (nSPS) is 10.1. The Morgan fingerprint density at radius 3 is 3.05 bits per heavy atom. The Hall–Kier alpha value is -2.40. The van der Waals surface area contributed by atoms with Gasteiger partial charge in [0.05, 0.1) is 12.2 Å². The third kappa shape index (κ3) is 2.95. The van der Waals surface area contributed by atoms with Gasteiger partial charge in [-0.05, 0) is 37.2 Å². The van der Waals surface area contributed by atoms with Crippen LogP contribution in [0.5, 0.6) is 0 Å². The van der Waals surface area contributed by atoms with Gasteiger partial charge in [0.2, 0.25) is 0 Å². The molecule has 102 valence electrons. The minimum absolute atomic E-state index is 0.127. The first-order valence-corrected chi connectivity index (χ1v) is 6.51. The van der Waals surface area contributed by atoms with E-state index < -0.39 is 5.97 Å². The molecule has 0 bridgehead atoms. The van der Waals surface area contributed by atoms with Crippen LogP contribution in [0.15, 0.2) is 26.9 Å². The fourth-order valence-corrected chi connectivity index (χ4v) is 2.15.